The van der Waals surface area contributed by atoms with E-state index in [1.54, 1.807) is 0 Å². The van der Waals surface area contributed by atoms with Gasteiger partial charge in [0, 0.05) is 6.42 Å². The van der Waals surface area contributed by atoms with Crippen LogP contribution < -0.4 is 5.73 Å². The fraction of sp³-hybridized carbons (Fsp3) is 0.154. The Morgan fingerprint density at radius 2 is 2.00 bits per heavy atom. The first-order valence-electron chi connectivity index (χ1n) is 6.59. The molecule has 0 aliphatic rings. The Labute approximate surface area is 119 Å². The fourth-order valence-electron chi connectivity index (χ4n) is 2.39. The summed E-state index contributed by atoms with van der Waals surface area (Å²) in [4.78, 5) is 4.63. The van der Waals surface area contributed by atoms with Crippen LogP contribution in [0.4, 0.5) is 0 Å². The van der Waals surface area contributed by atoms with E-state index in [2.05, 4.69) is 25.6 Å². The standard InChI is InChI=1S/C13H12N8/c14-8-7-11-15-9-3-1-2-4-10(9)20(11)13-6-5-12-16-18-19-21(12)17-13/h1-6H,7-8,14H2. The van der Waals surface area contributed by atoms with Crippen LogP contribution in [0.2, 0.25) is 0 Å². The van der Waals surface area contributed by atoms with Crippen LogP contribution >= 0.6 is 0 Å². The largest absolute Gasteiger partial charge is 0.330 e. The van der Waals surface area contributed by atoms with Gasteiger partial charge in [-0.05, 0) is 41.2 Å². The Morgan fingerprint density at radius 1 is 1.10 bits per heavy atom. The molecule has 104 valence electrons. The first kappa shape index (κ1) is 11.9. The molecule has 3 aromatic heterocycles. The molecule has 21 heavy (non-hydrogen) atoms. The highest BCUT2D eigenvalue weighted by Crippen LogP contribution is 2.20. The minimum absolute atomic E-state index is 0.524. The molecule has 0 aliphatic heterocycles. The van der Waals surface area contributed by atoms with Crippen molar-refractivity contribution < 1.29 is 0 Å². The summed E-state index contributed by atoms with van der Waals surface area (Å²) in [6, 6.07) is 11.6. The molecule has 0 saturated carbocycles. The molecule has 0 unspecified atom stereocenters. The van der Waals surface area contributed by atoms with Gasteiger partial charge in [-0.25, -0.2) is 4.98 Å². The molecular formula is C13H12N8. The number of nitrogens with two attached hydrogens (primary N) is 1. The first-order chi connectivity index (χ1) is 10.4. The molecule has 2 N–H and O–H groups in total. The maximum Gasteiger partial charge on any atom is 0.200 e. The van der Waals surface area contributed by atoms with Gasteiger partial charge in [-0.3, -0.25) is 4.57 Å². The lowest BCUT2D eigenvalue weighted by Gasteiger charge is -2.07. The van der Waals surface area contributed by atoms with E-state index in [0.717, 1.165) is 16.9 Å². The van der Waals surface area contributed by atoms with Gasteiger partial charge in [-0.1, -0.05) is 12.1 Å². The fourth-order valence-corrected chi connectivity index (χ4v) is 2.39. The lowest BCUT2D eigenvalue weighted by Crippen LogP contribution is -2.11. The number of hydrogen-bond donors (Lipinski definition) is 1. The summed E-state index contributed by atoms with van der Waals surface area (Å²) in [5.74, 6) is 1.59. The van der Waals surface area contributed by atoms with Crippen LogP contribution in [0, 0.1) is 0 Å². The SMILES string of the molecule is NCCc1nc2ccccc2n1-c1ccc2nnnn2n1. The molecular weight excluding hydrogens is 268 g/mol. The zero-order chi connectivity index (χ0) is 14.2. The summed E-state index contributed by atoms with van der Waals surface area (Å²) in [5, 5.41) is 15.7. The third-order valence-electron chi connectivity index (χ3n) is 3.28. The molecule has 1 aromatic carbocycles. The van der Waals surface area contributed by atoms with Gasteiger partial charge in [0.25, 0.3) is 0 Å². The summed E-state index contributed by atoms with van der Waals surface area (Å²) in [5.41, 5.74) is 8.20. The summed E-state index contributed by atoms with van der Waals surface area (Å²) in [7, 11) is 0. The molecule has 0 bridgehead atoms. The van der Waals surface area contributed by atoms with Crippen molar-refractivity contribution in [2.45, 2.75) is 6.42 Å². The molecule has 8 heteroatoms. The van der Waals surface area contributed by atoms with Crippen LogP contribution in [0.3, 0.4) is 0 Å². The number of fused-ring (bicyclic) bond motifs is 2. The van der Waals surface area contributed by atoms with Crippen molar-refractivity contribution in [3.63, 3.8) is 0 Å². The van der Waals surface area contributed by atoms with Gasteiger partial charge in [0.1, 0.15) is 5.82 Å². The molecule has 0 amide bonds. The second-order valence-electron chi connectivity index (χ2n) is 4.61. The van der Waals surface area contributed by atoms with Crippen LogP contribution in [0.25, 0.3) is 22.5 Å². The van der Waals surface area contributed by atoms with E-state index in [0.29, 0.717) is 24.4 Å². The van der Waals surface area contributed by atoms with Gasteiger partial charge < -0.3 is 5.73 Å². The topological polar surface area (TPSA) is 99.8 Å². The molecule has 0 aliphatic carbocycles. The monoisotopic (exact) mass is 280 g/mol. The number of hydrogen-bond acceptors (Lipinski definition) is 6. The summed E-state index contributed by atoms with van der Waals surface area (Å²) in [6.45, 7) is 0.524. The molecule has 0 spiro atoms. The molecule has 4 aromatic rings. The van der Waals surface area contributed by atoms with Crippen LogP contribution in [0.15, 0.2) is 36.4 Å². The zero-order valence-electron chi connectivity index (χ0n) is 11.1. The second-order valence-corrected chi connectivity index (χ2v) is 4.61. The van der Waals surface area contributed by atoms with Gasteiger partial charge in [-0.15, -0.1) is 14.8 Å². The van der Waals surface area contributed by atoms with E-state index >= 15 is 0 Å². The Hall–Kier alpha value is -2.87. The highest BCUT2D eigenvalue weighted by molar-refractivity contribution is 5.77. The van der Waals surface area contributed by atoms with Crippen molar-refractivity contribution >= 4 is 16.7 Å². The molecule has 0 saturated heterocycles. The third kappa shape index (κ3) is 1.84. The van der Waals surface area contributed by atoms with E-state index in [1.807, 2.05) is 41.0 Å². The highest BCUT2D eigenvalue weighted by atomic mass is 15.6. The van der Waals surface area contributed by atoms with E-state index in [-0.39, 0.29) is 0 Å². The van der Waals surface area contributed by atoms with Crippen molar-refractivity contribution in [2.24, 2.45) is 5.73 Å². The van der Waals surface area contributed by atoms with Crippen LogP contribution in [0.1, 0.15) is 5.82 Å². The Bertz CT molecular complexity index is 922. The Morgan fingerprint density at radius 3 is 2.90 bits per heavy atom. The van der Waals surface area contributed by atoms with E-state index in [9.17, 15) is 0 Å². The third-order valence-corrected chi connectivity index (χ3v) is 3.28. The quantitative estimate of drug-likeness (QED) is 0.581. The average molecular weight is 280 g/mol. The van der Waals surface area contributed by atoms with Gasteiger partial charge in [-0.2, -0.15) is 0 Å². The van der Waals surface area contributed by atoms with Crippen molar-refractivity contribution in [1.82, 2.24) is 34.8 Å². The van der Waals surface area contributed by atoms with Crippen LogP contribution in [0.5, 0.6) is 0 Å². The van der Waals surface area contributed by atoms with Gasteiger partial charge in [0.05, 0.1) is 11.0 Å². The lowest BCUT2D eigenvalue weighted by atomic mass is 10.3. The second kappa shape index (κ2) is 4.60. The van der Waals surface area contributed by atoms with Gasteiger partial charge >= 0.3 is 0 Å². The average Bonchev–Trinajstić information content (AvgIpc) is 3.10. The summed E-state index contributed by atoms with van der Waals surface area (Å²) < 4.78 is 3.39. The first-order valence-corrected chi connectivity index (χ1v) is 6.59. The molecule has 3 heterocycles. The maximum absolute atomic E-state index is 5.69. The number of aromatic nitrogens is 7. The molecule has 0 atom stereocenters. The molecule has 0 fully saturated rings. The van der Waals surface area contributed by atoms with Gasteiger partial charge in [0.2, 0.25) is 0 Å². The lowest BCUT2D eigenvalue weighted by molar-refractivity contribution is 0.712. The summed E-state index contributed by atoms with van der Waals surface area (Å²) in [6.07, 6.45) is 0.671. The molecule has 4 rings (SSSR count). The maximum atomic E-state index is 5.69. The van der Waals surface area contributed by atoms with Crippen molar-refractivity contribution in [1.29, 1.82) is 0 Å². The van der Waals surface area contributed by atoms with Crippen molar-refractivity contribution in [3.05, 3.63) is 42.2 Å². The predicted molar refractivity (Wildman–Crippen MR) is 76.0 cm³/mol. The predicted octanol–water partition coefficient (Wildman–Crippen LogP) is 0.359. The highest BCUT2D eigenvalue weighted by Gasteiger charge is 2.13. The van der Waals surface area contributed by atoms with E-state index < -0.39 is 0 Å². The van der Waals surface area contributed by atoms with Gasteiger partial charge in [0.15, 0.2) is 11.5 Å². The van der Waals surface area contributed by atoms with Crippen molar-refractivity contribution in [3.8, 4) is 5.82 Å². The smallest absolute Gasteiger partial charge is 0.200 e. The Balaban J connectivity index is 2.00. The molecule has 8 nitrogen and oxygen atoms in total. The number of benzene rings is 1. The van der Waals surface area contributed by atoms with E-state index in [1.165, 1.54) is 4.63 Å². The van der Waals surface area contributed by atoms with E-state index in [4.69, 9.17) is 5.73 Å². The Kier molecular flexibility index (Phi) is 2.61. The number of imidazole rings is 1. The normalized spacial score (nSPS) is 11.5. The minimum atomic E-state index is 0.524. The number of para-hydroxylation sites is 2. The molecule has 0 radical (unpaired) electrons. The van der Waals surface area contributed by atoms with Crippen LogP contribution in [-0.2, 0) is 6.42 Å². The summed E-state index contributed by atoms with van der Waals surface area (Å²) >= 11 is 0. The van der Waals surface area contributed by atoms with Crippen LogP contribution in [-0.4, -0.2) is 41.4 Å². The number of nitrogens with zero attached hydrogens (tertiary/aromatic N) is 7. The number of rotatable bonds is 3. The zero-order valence-corrected chi connectivity index (χ0v) is 11.1. The minimum Gasteiger partial charge on any atom is -0.330 e. The number of tetrazole rings is 1. The van der Waals surface area contributed by atoms with Crippen molar-refractivity contribution in [2.75, 3.05) is 6.54 Å².